The molecule has 0 saturated carbocycles. The van der Waals surface area contributed by atoms with Crippen LogP contribution in [0.4, 0.5) is 10.5 Å². The van der Waals surface area contributed by atoms with Crippen molar-refractivity contribution in [1.82, 2.24) is 4.90 Å². The number of hydrogen-bond donors (Lipinski definition) is 2. The minimum atomic E-state index is -1.06. The molecule has 16 heavy (non-hydrogen) atoms. The van der Waals surface area contributed by atoms with Crippen LogP contribution >= 0.6 is 11.6 Å². The summed E-state index contributed by atoms with van der Waals surface area (Å²) in [6.45, 7) is -0.348. The van der Waals surface area contributed by atoms with E-state index in [0.29, 0.717) is 10.7 Å². The summed E-state index contributed by atoms with van der Waals surface area (Å²) in [5, 5.41) is 11.6. The van der Waals surface area contributed by atoms with Crippen molar-refractivity contribution < 1.29 is 14.7 Å². The molecule has 0 aliphatic heterocycles. The first-order valence-electron chi connectivity index (χ1n) is 4.48. The van der Waals surface area contributed by atoms with E-state index in [1.165, 1.54) is 7.05 Å². The molecule has 0 bridgehead atoms. The van der Waals surface area contributed by atoms with E-state index in [9.17, 15) is 9.59 Å². The fourth-order valence-electron chi connectivity index (χ4n) is 1.03. The zero-order chi connectivity index (χ0) is 12.1. The second-order valence-corrected chi connectivity index (χ2v) is 3.62. The van der Waals surface area contributed by atoms with Gasteiger partial charge < -0.3 is 15.3 Å². The van der Waals surface area contributed by atoms with Gasteiger partial charge >= 0.3 is 12.0 Å². The number of nitrogens with zero attached hydrogens (tertiary/aromatic N) is 1. The van der Waals surface area contributed by atoms with E-state index in [4.69, 9.17) is 16.7 Å². The zero-order valence-corrected chi connectivity index (χ0v) is 9.36. The van der Waals surface area contributed by atoms with Crippen LogP contribution in [0, 0.1) is 0 Å². The third-order valence-electron chi connectivity index (χ3n) is 1.81. The van der Waals surface area contributed by atoms with E-state index < -0.39 is 12.0 Å². The van der Waals surface area contributed by atoms with Gasteiger partial charge in [0.2, 0.25) is 0 Å². The number of carboxylic acid groups (broad SMARTS) is 1. The zero-order valence-electron chi connectivity index (χ0n) is 8.61. The predicted octanol–water partition coefficient (Wildman–Crippen LogP) is 1.89. The molecule has 1 aromatic carbocycles. The molecule has 1 aromatic rings. The van der Waals surface area contributed by atoms with Crippen molar-refractivity contribution in [2.45, 2.75) is 0 Å². The Labute approximate surface area is 97.6 Å². The van der Waals surface area contributed by atoms with Gasteiger partial charge in [0.05, 0.1) is 0 Å². The van der Waals surface area contributed by atoms with Crippen molar-refractivity contribution in [3.05, 3.63) is 29.3 Å². The lowest BCUT2D eigenvalue weighted by Crippen LogP contribution is -2.35. The van der Waals surface area contributed by atoms with Crippen molar-refractivity contribution in [3.63, 3.8) is 0 Å². The highest BCUT2D eigenvalue weighted by atomic mass is 35.5. The Balaban J connectivity index is 2.57. The summed E-state index contributed by atoms with van der Waals surface area (Å²) in [6.07, 6.45) is 0. The maximum Gasteiger partial charge on any atom is 0.323 e. The molecular weight excluding hydrogens is 232 g/mol. The number of amides is 2. The fourth-order valence-corrected chi connectivity index (χ4v) is 1.15. The smallest absolute Gasteiger partial charge is 0.323 e. The van der Waals surface area contributed by atoms with Crippen molar-refractivity contribution in [3.8, 4) is 0 Å². The maximum absolute atomic E-state index is 11.5. The average Bonchev–Trinajstić information content (AvgIpc) is 2.20. The third kappa shape index (κ3) is 3.78. The molecule has 0 aromatic heterocycles. The Kier molecular flexibility index (Phi) is 4.13. The minimum absolute atomic E-state index is 0.348. The molecule has 5 nitrogen and oxygen atoms in total. The molecule has 0 heterocycles. The van der Waals surface area contributed by atoms with Gasteiger partial charge in [0.25, 0.3) is 0 Å². The van der Waals surface area contributed by atoms with E-state index in [2.05, 4.69) is 5.32 Å². The van der Waals surface area contributed by atoms with Crippen molar-refractivity contribution in [2.75, 3.05) is 18.9 Å². The first-order valence-corrected chi connectivity index (χ1v) is 4.86. The quantitative estimate of drug-likeness (QED) is 0.850. The van der Waals surface area contributed by atoms with Crippen molar-refractivity contribution >= 4 is 29.3 Å². The van der Waals surface area contributed by atoms with Crippen LogP contribution < -0.4 is 5.32 Å². The molecular formula is C10H11ClN2O3. The molecule has 0 unspecified atom stereocenters. The van der Waals surface area contributed by atoms with Crippen LogP contribution in [0.15, 0.2) is 24.3 Å². The molecule has 86 valence electrons. The maximum atomic E-state index is 11.5. The van der Waals surface area contributed by atoms with Crippen molar-refractivity contribution in [1.29, 1.82) is 0 Å². The Hall–Kier alpha value is -1.75. The molecule has 0 aliphatic carbocycles. The molecule has 0 saturated heterocycles. The van der Waals surface area contributed by atoms with Crippen LogP contribution in [0.3, 0.4) is 0 Å². The third-order valence-corrected chi connectivity index (χ3v) is 2.07. The van der Waals surface area contributed by atoms with E-state index in [1.807, 2.05) is 0 Å². The number of benzene rings is 1. The van der Waals surface area contributed by atoms with E-state index in [1.54, 1.807) is 24.3 Å². The van der Waals surface area contributed by atoms with Gasteiger partial charge in [0.15, 0.2) is 0 Å². The van der Waals surface area contributed by atoms with E-state index in [0.717, 1.165) is 4.90 Å². The number of hydrogen-bond acceptors (Lipinski definition) is 2. The highest BCUT2D eigenvalue weighted by molar-refractivity contribution is 6.30. The SMILES string of the molecule is CN(CC(=O)O)C(=O)Nc1ccc(Cl)cc1. The Morgan fingerprint density at radius 2 is 1.94 bits per heavy atom. The fraction of sp³-hybridized carbons (Fsp3) is 0.200. The van der Waals surface area contributed by atoms with Crippen LogP contribution in [-0.4, -0.2) is 35.6 Å². The molecule has 6 heteroatoms. The number of carboxylic acids is 1. The van der Waals surface area contributed by atoms with Gasteiger partial charge in [0, 0.05) is 17.8 Å². The molecule has 0 atom stereocenters. The summed E-state index contributed by atoms with van der Waals surface area (Å²) < 4.78 is 0. The monoisotopic (exact) mass is 242 g/mol. The number of halogens is 1. The standard InChI is InChI=1S/C10H11ClN2O3/c1-13(6-9(14)15)10(16)12-8-4-2-7(11)3-5-8/h2-5H,6H2,1H3,(H,12,16)(H,14,15). The number of aliphatic carboxylic acids is 1. The second kappa shape index (κ2) is 5.37. The Morgan fingerprint density at radius 3 is 2.44 bits per heavy atom. The Bertz CT molecular complexity index is 392. The second-order valence-electron chi connectivity index (χ2n) is 3.19. The highest BCUT2D eigenvalue weighted by Crippen LogP contribution is 2.13. The van der Waals surface area contributed by atoms with Gasteiger partial charge in [-0.25, -0.2) is 4.79 Å². The van der Waals surface area contributed by atoms with Crippen LogP contribution in [0.1, 0.15) is 0 Å². The van der Waals surface area contributed by atoms with Gasteiger partial charge in [-0.05, 0) is 24.3 Å². The topological polar surface area (TPSA) is 69.6 Å². The van der Waals surface area contributed by atoms with Gasteiger partial charge in [-0.15, -0.1) is 0 Å². The number of anilines is 1. The lowest BCUT2D eigenvalue weighted by atomic mass is 10.3. The van der Waals surface area contributed by atoms with Gasteiger partial charge in [-0.2, -0.15) is 0 Å². The molecule has 0 spiro atoms. The summed E-state index contributed by atoms with van der Waals surface area (Å²) in [5.74, 6) is -1.06. The van der Waals surface area contributed by atoms with Gasteiger partial charge in [0.1, 0.15) is 6.54 Å². The van der Waals surface area contributed by atoms with Crippen LogP contribution in [0.25, 0.3) is 0 Å². The number of nitrogens with one attached hydrogen (secondary N) is 1. The van der Waals surface area contributed by atoms with Crippen LogP contribution in [-0.2, 0) is 4.79 Å². The normalized spacial score (nSPS) is 9.62. The number of likely N-dealkylation sites (N-methyl/N-ethyl adjacent to an activating group) is 1. The summed E-state index contributed by atoms with van der Waals surface area (Å²) in [7, 11) is 1.40. The highest BCUT2D eigenvalue weighted by Gasteiger charge is 2.11. The molecule has 0 radical (unpaired) electrons. The van der Waals surface area contributed by atoms with Crippen LogP contribution in [0.2, 0.25) is 5.02 Å². The first-order chi connectivity index (χ1) is 7.49. The number of carbonyl (C=O) groups is 2. The van der Waals surface area contributed by atoms with Crippen LogP contribution in [0.5, 0.6) is 0 Å². The lowest BCUT2D eigenvalue weighted by Gasteiger charge is -2.15. The molecule has 0 aliphatic rings. The number of rotatable bonds is 3. The number of carbonyl (C=O) groups excluding carboxylic acids is 1. The number of urea groups is 1. The first kappa shape index (κ1) is 12.3. The van der Waals surface area contributed by atoms with Gasteiger partial charge in [-0.1, -0.05) is 11.6 Å². The molecule has 0 fully saturated rings. The average molecular weight is 243 g/mol. The van der Waals surface area contributed by atoms with E-state index >= 15 is 0 Å². The largest absolute Gasteiger partial charge is 0.480 e. The summed E-state index contributed by atoms with van der Waals surface area (Å²) in [5.41, 5.74) is 0.562. The summed E-state index contributed by atoms with van der Waals surface area (Å²) in [4.78, 5) is 22.9. The molecule has 1 rings (SSSR count). The predicted molar refractivity (Wildman–Crippen MR) is 60.7 cm³/mol. The molecule has 2 N–H and O–H groups in total. The van der Waals surface area contributed by atoms with Gasteiger partial charge in [-0.3, -0.25) is 4.79 Å². The summed E-state index contributed by atoms with van der Waals surface area (Å²) in [6, 6.07) is 6.05. The van der Waals surface area contributed by atoms with Crippen molar-refractivity contribution in [2.24, 2.45) is 0 Å². The Morgan fingerprint density at radius 1 is 1.38 bits per heavy atom. The minimum Gasteiger partial charge on any atom is -0.480 e. The lowest BCUT2D eigenvalue weighted by molar-refractivity contribution is -0.137. The summed E-state index contributed by atoms with van der Waals surface area (Å²) >= 11 is 5.68. The molecule has 2 amide bonds. The van der Waals surface area contributed by atoms with E-state index in [-0.39, 0.29) is 6.54 Å².